The number of primary amides is 1. The van der Waals surface area contributed by atoms with Crippen LogP contribution in [0.3, 0.4) is 0 Å². The number of hydrogen-bond acceptors (Lipinski definition) is 6. The van der Waals surface area contributed by atoms with E-state index in [0.717, 1.165) is 5.56 Å². The molecule has 0 aliphatic carbocycles. The third kappa shape index (κ3) is 8.10. The summed E-state index contributed by atoms with van der Waals surface area (Å²) in [6.07, 6.45) is 4.59. The molecule has 0 aliphatic rings. The lowest BCUT2D eigenvalue weighted by molar-refractivity contribution is -0.124. The molecule has 3 aromatic rings. The summed E-state index contributed by atoms with van der Waals surface area (Å²) >= 11 is 0. The topological polar surface area (TPSA) is 128 Å². The van der Waals surface area contributed by atoms with Gasteiger partial charge in [0.05, 0.1) is 17.2 Å². The van der Waals surface area contributed by atoms with Crippen LogP contribution < -0.4 is 11.1 Å². The molecule has 0 bridgehead atoms. The molecule has 8 heteroatoms. The van der Waals surface area contributed by atoms with Crippen LogP contribution in [0.15, 0.2) is 59.3 Å². The van der Waals surface area contributed by atoms with E-state index in [1.165, 1.54) is 0 Å². The van der Waals surface area contributed by atoms with Gasteiger partial charge in [-0.25, -0.2) is 4.98 Å². The summed E-state index contributed by atoms with van der Waals surface area (Å²) in [6.45, 7) is 8.08. The Morgan fingerprint density at radius 1 is 1.05 bits per heavy atom. The van der Waals surface area contributed by atoms with Crippen LogP contribution in [-0.4, -0.2) is 34.1 Å². The Balaban J connectivity index is 1.82. The maximum Gasteiger partial charge on any atom is 0.228 e. The largest absolute Gasteiger partial charge is 0.433 e. The third-order valence-corrected chi connectivity index (χ3v) is 6.00. The van der Waals surface area contributed by atoms with Crippen LogP contribution in [-0.2, 0) is 16.0 Å². The number of hydrogen-bond donors (Lipinski definition) is 2. The van der Waals surface area contributed by atoms with E-state index in [4.69, 9.17) is 10.2 Å². The summed E-state index contributed by atoms with van der Waals surface area (Å²) in [5.74, 6) is -0.448. The Bertz CT molecular complexity index is 1200. The van der Waals surface area contributed by atoms with Crippen LogP contribution in [0, 0.1) is 11.3 Å². The number of aromatic nitrogens is 2. The van der Waals surface area contributed by atoms with Gasteiger partial charge in [0.25, 0.3) is 0 Å². The summed E-state index contributed by atoms with van der Waals surface area (Å²) in [5.41, 5.74) is 6.92. The number of Topliss-reactive ketones (excluding diaryl/α,β-unsaturated/α-hetero) is 1. The number of nitrogens with one attached hydrogen (secondary N) is 1. The number of benzene rings is 1. The summed E-state index contributed by atoms with van der Waals surface area (Å²) in [7, 11) is 0. The molecule has 1 atom stereocenters. The smallest absolute Gasteiger partial charge is 0.228 e. The van der Waals surface area contributed by atoms with Gasteiger partial charge in [-0.2, -0.15) is 0 Å². The number of amides is 2. The number of carbonyl (C=O) groups excluding carboxylic acids is 3. The minimum Gasteiger partial charge on any atom is -0.433 e. The van der Waals surface area contributed by atoms with Crippen molar-refractivity contribution in [2.24, 2.45) is 17.1 Å². The second-order valence-electron chi connectivity index (χ2n) is 10.6. The molecule has 2 amide bonds. The molecule has 1 unspecified atom stereocenters. The predicted molar refractivity (Wildman–Crippen MR) is 142 cm³/mol. The minimum absolute atomic E-state index is 0.120. The number of ketones is 1. The molecular formula is C29H36N4O4. The van der Waals surface area contributed by atoms with Crippen molar-refractivity contribution in [3.63, 3.8) is 0 Å². The molecule has 1 aromatic carbocycles. The van der Waals surface area contributed by atoms with Gasteiger partial charge < -0.3 is 15.5 Å². The summed E-state index contributed by atoms with van der Waals surface area (Å²) < 4.78 is 6.06. The minimum atomic E-state index is -0.543. The first-order valence-electron chi connectivity index (χ1n) is 12.6. The Morgan fingerprint density at radius 3 is 2.41 bits per heavy atom. The average Bonchev–Trinajstić information content (AvgIpc) is 3.24. The molecule has 2 heterocycles. The fourth-order valence-electron chi connectivity index (χ4n) is 4.36. The van der Waals surface area contributed by atoms with E-state index in [0.29, 0.717) is 36.5 Å². The molecule has 0 radical (unpaired) electrons. The van der Waals surface area contributed by atoms with E-state index in [1.54, 1.807) is 18.5 Å². The summed E-state index contributed by atoms with van der Waals surface area (Å²) in [6, 6.07) is 13.1. The first-order chi connectivity index (χ1) is 17.6. The fraction of sp³-hybridized carbons (Fsp3) is 0.414. The Morgan fingerprint density at radius 2 is 1.78 bits per heavy atom. The van der Waals surface area contributed by atoms with Crippen molar-refractivity contribution in [2.75, 3.05) is 6.54 Å². The molecule has 0 saturated heterocycles. The fourth-order valence-corrected chi connectivity index (χ4v) is 4.36. The van der Waals surface area contributed by atoms with Crippen molar-refractivity contribution in [3.8, 4) is 11.5 Å². The van der Waals surface area contributed by atoms with E-state index < -0.39 is 17.2 Å². The quantitative estimate of drug-likeness (QED) is 0.325. The predicted octanol–water partition coefficient (Wildman–Crippen LogP) is 4.70. The number of carbonyl (C=O) groups is 3. The second kappa shape index (κ2) is 12.4. The van der Waals surface area contributed by atoms with Gasteiger partial charge >= 0.3 is 0 Å². The lowest BCUT2D eigenvalue weighted by Crippen LogP contribution is -2.33. The van der Waals surface area contributed by atoms with Gasteiger partial charge in [-0.05, 0) is 41.9 Å². The number of rotatable bonds is 13. The molecule has 0 saturated carbocycles. The zero-order valence-electron chi connectivity index (χ0n) is 22.0. The Kier molecular flexibility index (Phi) is 9.33. The molecule has 0 fully saturated rings. The molecule has 2 aromatic heterocycles. The maximum atomic E-state index is 13.9. The number of nitrogens with two attached hydrogens (primary N) is 1. The zero-order chi connectivity index (χ0) is 27.0. The van der Waals surface area contributed by atoms with Gasteiger partial charge in [-0.15, -0.1) is 0 Å². The van der Waals surface area contributed by atoms with E-state index in [9.17, 15) is 14.4 Å². The highest BCUT2D eigenvalue weighted by atomic mass is 16.4. The van der Waals surface area contributed by atoms with E-state index >= 15 is 0 Å². The first-order valence-corrected chi connectivity index (χ1v) is 12.6. The van der Waals surface area contributed by atoms with Crippen molar-refractivity contribution < 1.29 is 18.8 Å². The van der Waals surface area contributed by atoms with Crippen LogP contribution in [0.5, 0.6) is 0 Å². The van der Waals surface area contributed by atoms with E-state index in [-0.39, 0.29) is 36.2 Å². The van der Waals surface area contributed by atoms with Crippen LogP contribution >= 0.6 is 0 Å². The monoisotopic (exact) mass is 504 g/mol. The lowest BCUT2D eigenvalue weighted by atomic mass is 9.85. The highest BCUT2D eigenvalue weighted by molar-refractivity contribution is 6.00. The van der Waals surface area contributed by atoms with Crippen molar-refractivity contribution in [3.05, 3.63) is 71.9 Å². The highest BCUT2D eigenvalue weighted by Crippen LogP contribution is 2.30. The van der Waals surface area contributed by atoms with Crippen LogP contribution in [0.2, 0.25) is 0 Å². The average molecular weight is 505 g/mol. The third-order valence-electron chi connectivity index (χ3n) is 6.00. The normalized spacial score (nSPS) is 12.4. The first kappa shape index (κ1) is 27.8. The van der Waals surface area contributed by atoms with Gasteiger partial charge in [0.1, 0.15) is 0 Å². The molecule has 0 spiro atoms. The molecule has 3 rings (SSSR count). The maximum absolute atomic E-state index is 13.9. The van der Waals surface area contributed by atoms with E-state index in [1.807, 2.05) is 50.2 Å². The van der Waals surface area contributed by atoms with Gasteiger partial charge in [-0.3, -0.25) is 19.4 Å². The van der Waals surface area contributed by atoms with Crippen LogP contribution in [0.1, 0.15) is 74.7 Å². The van der Waals surface area contributed by atoms with Crippen LogP contribution in [0.4, 0.5) is 0 Å². The lowest BCUT2D eigenvalue weighted by Gasteiger charge is -2.22. The van der Waals surface area contributed by atoms with Crippen molar-refractivity contribution in [1.29, 1.82) is 0 Å². The van der Waals surface area contributed by atoms with Gasteiger partial charge in [0.15, 0.2) is 5.76 Å². The summed E-state index contributed by atoms with van der Waals surface area (Å²) in [5, 5.41) is 2.90. The van der Waals surface area contributed by atoms with Gasteiger partial charge in [0.2, 0.25) is 23.5 Å². The van der Waals surface area contributed by atoms with Crippen molar-refractivity contribution >= 4 is 17.6 Å². The molecule has 0 aliphatic heterocycles. The summed E-state index contributed by atoms with van der Waals surface area (Å²) in [4.78, 5) is 46.5. The van der Waals surface area contributed by atoms with Gasteiger partial charge in [-0.1, -0.05) is 58.0 Å². The molecule has 3 N–H and O–H groups in total. The molecule has 37 heavy (non-hydrogen) atoms. The highest BCUT2D eigenvalue weighted by Gasteiger charge is 2.30. The number of nitrogens with zero attached hydrogens (tertiary/aromatic N) is 2. The van der Waals surface area contributed by atoms with Gasteiger partial charge in [0, 0.05) is 31.8 Å². The van der Waals surface area contributed by atoms with Crippen LogP contribution in [0.25, 0.3) is 11.5 Å². The Hall–Kier alpha value is -3.81. The molecule has 8 nitrogen and oxygen atoms in total. The number of oxazole rings is 1. The second-order valence-corrected chi connectivity index (χ2v) is 10.6. The standard InChI is InChI=1S/C29H36N4O4/c1-19(2)15-23-27(37-28(33-23)21-11-8-13-31-18-21)26(36)22(20-9-6-5-7-10-20)12-14-32-25(35)17-29(3,4)16-24(30)34/h5-11,13,18-19,22H,12,14-17H2,1-4H3,(H2,30,34)(H,32,35). The van der Waals surface area contributed by atoms with Crippen molar-refractivity contribution in [1.82, 2.24) is 15.3 Å². The van der Waals surface area contributed by atoms with Crippen molar-refractivity contribution in [2.45, 2.75) is 59.3 Å². The molecular weight excluding hydrogens is 468 g/mol. The number of pyridine rings is 1. The Labute approximate surface area is 218 Å². The SMILES string of the molecule is CC(C)Cc1nc(-c2cccnc2)oc1C(=O)C(CCNC(=O)CC(C)(C)CC(N)=O)c1ccccc1. The van der Waals surface area contributed by atoms with E-state index in [2.05, 4.69) is 29.1 Å². The zero-order valence-corrected chi connectivity index (χ0v) is 22.0. The molecule has 196 valence electrons.